The first-order valence-corrected chi connectivity index (χ1v) is 7.91. The molecule has 1 fully saturated rings. The van der Waals surface area contributed by atoms with Crippen molar-refractivity contribution in [2.24, 2.45) is 5.92 Å². The molecule has 1 aromatic heterocycles. The van der Waals surface area contributed by atoms with Crippen molar-refractivity contribution in [2.45, 2.75) is 46.1 Å². The van der Waals surface area contributed by atoms with Crippen LogP contribution in [0.2, 0.25) is 0 Å². The molecule has 0 aliphatic carbocycles. The third kappa shape index (κ3) is 3.69. The Morgan fingerprint density at radius 2 is 2.47 bits per heavy atom. The van der Waals surface area contributed by atoms with E-state index in [9.17, 15) is 4.79 Å². The summed E-state index contributed by atoms with van der Waals surface area (Å²) in [6, 6.07) is 0.0438. The Hall–Kier alpha value is -1.10. The van der Waals surface area contributed by atoms with E-state index in [-0.39, 0.29) is 12.1 Å². The van der Waals surface area contributed by atoms with Crippen LogP contribution in [-0.2, 0) is 6.42 Å². The molecular formula is C14H23N3OS. The van der Waals surface area contributed by atoms with Gasteiger partial charge in [0.1, 0.15) is 5.01 Å². The van der Waals surface area contributed by atoms with Crippen molar-refractivity contribution in [1.82, 2.24) is 15.2 Å². The van der Waals surface area contributed by atoms with E-state index in [1.165, 1.54) is 11.3 Å². The molecule has 106 valence electrons. The van der Waals surface area contributed by atoms with Crippen LogP contribution in [0.5, 0.6) is 0 Å². The number of nitrogens with one attached hydrogen (secondary N) is 1. The number of urea groups is 1. The Bertz CT molecular complexity index is 432. The molecule has 2 unspecified atom stereocenters. The van der Waals surface area contributed by atoms with Crippen LogP contribution in [-0.4, -0.2) is 29.0 Å². The maximum atomic E-state index is 12.2. The Morgan fingerprint density at radius 1 is 1.68 bits per heavy atom. The highest BCUT2D eigenvalue weighted by molar-refractivity contribution is 7.11. The molecule has 0 bridgehead atoms. The molecule has 0 spiro atoms. The number of hydrogen-bond acceptors (Lipinski definition) is 3. The number of aryl methyl sites for hydroxylation is 1. The van der Waals surface area contributed by atoms with E-state index >= 15 is 0 Å². The predicted molar refractivity (Wildman–Crippen MR) is 78.4 cm³/mol. The number of rotatable bonds is 3. The molecule has 2 atom stereocenters. The summed E-state index contributed by atoms with van der Waals surface area (Å²) < 4.78 is 0. The van der Waals surface area contributed by atoms with Gasteiger partial charge in [-0.05, 0) is 32.1 Å². The first kappa shape index (κ1) is 14.3. The summed E-state index contributed by atoms with van der Waals surface area (Å²) in [6.45, 7) is 8.08. The summed E-state index contributed by atoms with van der Waals surface area (Å²) in [5.74, 6) is 0.612. The monoisotopic (exact) mass is 281 g/mol. The minimum atomic E-state index is -0.00460. The number of hydrogen-bond donors (Lipinski definition) is 1. The van der Waals surface area contributed by atoms with Gasteiger partial charge >= 0.3 is 6.03 Å². The Balaban J connectivity index is 1.90. The molecule has 1 saturated heterocycles. The fraction of sp³-hybridized carbons (Fsp3) is 0.714. The minimum absolute atomic E-state index is 0.00460. The lowest BCUT2D eigenvalue weighted by molar-refractivity contribution is 0.167. The first-order chi connectivity index (χ1) is 9.10. The van der Waals surface area contributed by atoms with Crippen molar-refractivity contribution < 1.29 is 4.79 Å². The lowest BCUT2D eigenvalue weighted by Gasteiger charge is -2.31. The lowest BCUT2D eigenvalue weighted by atomic mass is 10.0. The number of piperidine rings is 1. The number of thiazole rings is 1. The van der Waals surface area contributed by atoms with E-state index in [1.54, 1.807) is 11.3 Å². The van der Waals surface area contributed by atoms with Crippen LogP contribution in [0.25, 0.3) is 0 Å². The molecule has 4 nitrogen and oxygen atoms in total. The van der Waals surface area contributed by atoms with Gasteiger partial charge in [0.15, 0.2) is 0 Å². The first-order valence-electron chi connectivity index (χ1n) is 7.10. The van der Waals surface area contributed by atoms with Crippen LogP contribution in [0.15, 0.2) is 6.20 Å². The van der Waals surface area contributed by atoms with Crippen LogP contribution in [0.4, 0.5) is 4.79 Å². The molecule has 0 saturated carbocycles. The molecule has 19 heavy (non-hydrogen) atoms. The minimum Gasteiger partial charge on any atom is -0.329 e. The summed E-state index contributed by atoms with van der Waals surface area (Å²) in [6.07, 6.45) is 5.25. The van der Waals surface area contributed by atoms with E-state index in [4.69, 9.17) is 0 Å². The fourth-order valence-electron chi connectivity index (χ4n) is 2.40. The van der Waals surface area contributed by atoms with Gasteiger partial charge in [0.05, 0.1) is 6.04 Å². The zero-order valence-corrected chi connectivity index (χ0v) is 12.8. The Morgan fingerprint density at radius 3 is 3.11 bits per heavy atom. The van der Waals surface area contributed by atoms with E-state index in [2.05, 4.69) is 24.1 Å². The molecule has 0 aromatic carbocycles. The maximum absolute atomic E-state index is 12.2. The van der Waals surface area contributed by atoms with Crippen LogP contribution in [0.1, 0.15) is 49.5 Å². The topological polar surface area (TPSA) is 45.2 Å². The molecule has 2 heterocycles. The van der Waals surface area contributed by atoms with Crippen molar-refractivity contribution in [2.75, 3.05) is 13.1 Å². The molecule has 1 aliphatic heterocycles. The number of nitrogens with zero attached hydrogens (tertiary/aromatic N) is 2. The largest absolute Gasteiger partial charge is 0.329 e. The smallest absolute Gasteiger partial charge is 0.317 e. The van der Waals surface area contributed by atoms with Crippen LogP contribution in [0.3, 0.4) is 0 Å². The average Bonchev–Trinajstić information content (AvgIpc) is 2.87. The number of aromatic nitrogens is 1. The zero-order valence-electron chi connectivity index (χ0n) is 12.0. The fourth-order valence-corrected chi connectivity index (χ4v) is 3.26. The van der Waals surface area contributed by atoms with Crippen LogP contribution < -0.4 is 5.32 Å². The second kappa shape index (κ2) is 6.37. The summed E-state index contributed by atoms with van der Waals surface area (Å²) in [4.78, 5) is 19.8. The van der Waals surface area contributed by atoms with Crippen molar-refractivity contribution >= 4 is 17.4 Å². The SMILES string of the molecule is CCc1cnc(C(C)NC(=O)N2CCCC(C)C2)s1. The van der Waals surface area contributed by atoms with Crippen molar-refractivity contribution in [1.29, 1.82) is 0 Å². The number of amides is 2. The normalized spacial score (nSPS) is 21.2. The van der Waals surface area contributed by atoms with Gasteiger partial charge in [-0.25, -0.2) is 9.78 Å². The van der Waals surface area contributed by atoms with Gasteiger partial charge in [-0.3, -0.25) is 0 Å². The van der Waals surface area contributed by atoms with Crippen molar-refractivity contribution in [3.8, 4) is 0 Å². The number of carbonyl (C=O) groups excluding carboxylic acids is 1. The summed E-state index contributed by atoms with van der Waals surface area (Å²) in [5.41, 5.74) is 0. The molecule has 2 rings (SSSR count). The van der Waals surface area contributed by atoms with Gasteiger partial charge in [-0.15, -0.1) is 11.3 Å². The third-order valence-electron chi connectivity index (χ3n) is 3.57. The molecular weight excluding hydrogens is 258 g/mol. The van der Waals surface area contributed by atoms with Gasteiger partial charge in [0, 0.05) is 24.2 Å². The predicted octanol–water partition coefficient (Wildman–Crippen LogP) is 3.21. The summed E-state index contributed by atoms with van der Waals surface area (Å²) in [7, 11) is 0. The molecule has 5 heteroatoms. The van der Waals surface area contributed by atoms with E-state index in [1.807, 2.05) is 18.0 Å². The quantitative estimate of drug-likeness (QED) is 0.924. The van der Waals surface area contributed by atoms with Gasteiger partial charge in [-0.1, -0.05) is 13.8 Å². The highest BCUT2D eigenvalue weighted by atomic mass is 32.1. The number of likely N-dealkylation sites (tertiary alicyclic amines) is 1. The standard InChI is InChI=1S/C14H23N3OS/c1-4-12-8-15-13(19-12)11(3)16-14(18)17-7-5-6-10(2)9-17/h8,10-11H,4-7,9H2,1-3H3,(H,16,18). The Kier molecular flexibility index (Phi) is 4.80. The zero-order chi connectivity index (χ0) is 13.8. The summed E-state index contributed by atoms with van der Waals surface area (Å²) >= 11 is 1.69. The highest BCUT2D eigenvalue weighted by Crippen LogP contribution is 2.21. The lowest BCUT2D eigenvalue weighted by Crippen LogP contribution is -2.45. The molecule has 2 amide bonds. The molecule has 1 N–H and O–H groups in total. The van der Waals surface area contributed by atoms with Gasteiger partial charge in [0.2, 0.25) is 0 Å². The second-order valence-corrected chi connectivity index (χ2v) is 6.53. The van der Waals surface area contributed by atoms with Crippen LogP contribution >= 0.6 is 11.3 Å². The van der Waals surface area contributed by atoms with Crippen molar-refractivity contribution in [3.05, 3.63) is 16.1 Å². The van der Waals surface area contributed by atoms with Crippen LogP contribution in [0, 0.1) is 5.92 Å². The number of carbonyl (C=O) groups is 1. The summed E-state index contributed by atoms with van der Waals surface area (Å²) in [5, 5.41) is 4.05. The van der Waals surface area contributed by atoms with E-state index < -0.39 is 0 Å². The second-order valence-electron chi connectivity index (χ2n) is 5.38. The molecule has 0 radical (unpaired) electrons. The molecule has 1 aliphatic rings. The highest BCUT2D eigenvalue weighted by Gasteiger charge is 2.22. The average molecular weight is 281 g/mol. The van der Waals surface area contributed by atoms with E-state index in [0.717, 1.165) is 30.9 Å². The van der Waals surface area contributed by atoms with Gasteiger partial charge in [-0.2, -0.15) is 0 Å². The van der Waals surface area contributed by atoms with Gasteiger partial charge < -0.3 is 10.2 Å². The van der Waals surface area contributed by atoms with Crippen molar-refractivity contribution in [3.63, 3.8) is 0 Å². The molecule has 1 aromatic rings. The maximum Gasteiger partial charge on any atom is 0.317 e. The van der Waals surface area contributed by atoms with Gasteiger partial charge in [0.25, 0.3) is 0 Å². The Labute approximate surface area is 119 Å². The van der Waals surface area contributed by atoms with E-state index in [0.29, 0.717) is 5.92 Å². The third-order valence-corrected chi connectivity index (χ3v) is 4.90.